The van der Waals surface area contributed by atoms with Crippen LogP contribution < -0.4 is 10.5 Å². The van der Waals surface area contributed by atoms with Crippen molar-refractivity contribution >= 4 is 0 Å². The second-order valence-electron chi connectivity index (χ2n) is 6.59. The van der Waals surface area contributed by atoms with E-state index < -0.39 is 0 Å². The highest BCUT2D eigenvalue weighted by Gasteiger charge is 2.30. The zero-order valence-corrected chi connectivity index (χ0v) is 13.0. The third-order valence-corrected chi connectivity index (χ3v) is 5.21. The van der Waals surface area contributed by atoms with E-state index in [2.05, 4.69) is 4.90 Å². The lowest BCUT2D eigenvalue weighted by Gasteiger charge is -2.41. The molecule has 1 saturated heterocycles. The van der Waals surface area contributed by atoms with Gasteiger partial charge in [-0.1, -0.05) is 31.4 Å². The van der Waals surface area contributed by atoms with Crippen LogP contribution in [0.5, 0.6) is 5.75 Å². The first kappa shape index (κ1) is 14.9. The van der Waals surface area contributed by atoms with Gasteiger partial charge in [-0.05, 0) is 48.9 Å². The van der Waals surface area contributed by atoms with Crippen LogP contribution in [-0.4, -0.2) is 31.1 Å². The Labute approximate surface area is 128 Å². The Morgan fingerprint density at radius 3 is 2.57 bits per heavy atom. The van der Waals surface area contributed by atoms with Crippen LogP contribution in [0.3, 0.4) is 0 Å². The number of piperidine rings is 1. The topological polar surface area (TPSA) is 38.5 Å². The number of fused-ring (bicyclic) bond motifs is 1. The van der Waals surface area contributed by atoms with Gasteiger partial charge in [-0.3, -0.25) is 4.90 Å². The van der Waals surface area contributed by atoms with Crippen molar-refractivity contribution in [3.8, 4) is 5.75 Å². The number of hydrogen-bond acceptors (Lipinski definition) is 3. The van der Waals surface area contributed by atoms with Gasteiger partial charge in [0.05, 0.1) is 0 Å². The van der Waals surface area contributed by atoms with Crippen LogP contribution in [-0.2, 0) is 6.54 Å². The van der Waals surface area contributed by atoms with Crippen LogP contribution in [0.2, 0.25) is 0 Å². The largest absolute Gasteiger partial charge is 0.492 e. The highest BCUT2D eigenvalue weighted by Crippen LogP contribution is 2.35. The summed E-state index contributed by atoms with van der Waals surface area (Å²) in [6, 6.07) is 8.14. The molecular weight excluding hydrogens is 260 g/mol. The van der Waals surface area contributed by atoms with Gasteiger partial charge in [0.25, 0.3) is 0 Å². The van der Waals surface area contributed by atoms with Crippen molar-refractivity contribution < 1.29 is 4.74 Å². The highest BCUT2D eigenvalue weighted by atomic mass is 16.5. The summed E-state index contributed by atoms with van der Waals surface area (Å²) in [5.74, 6) is 2.93. The summed E-state index contributed by atoms with van der Waals surface area (Å²) < 4.78 is 5.86. The molecule has 2 unspecified atom stereocenters. The molecule has 3 rings (SSSR count). The normalized spacial score (nSPS) is 26.3. The van der Waals surface area contributed by atoms with E-state index in [9.17, 15) is 0 Å². The number of nitrogens with zero attached hydrogens (tertiary/aromatic N) is 1. The molecule has 1 aromatic rings. The molecule has 2 N–H and O–H groups in total. The maximum Gasteiger partial charge on any atom is 0.119 e. The minimum absolute atomic E-state index is 0.594. The molecule has 1 aromatic carbocycles. The van der Waals surface area contributed by atoms with Gasteiger partial charge in [-0.15, -0.1) is 0 Å². The molecule has 2 fully saturated rings. The minimum atomic E-state index is 0.594. The number of likely N-dealkylation sites (tertiary alicyclic amines) is 1. The lowest BCUT2D eigenvalue weighted by atomic mass is 9.75. The van der Waals surface area contributed by atoms with Crippen molar-refractivity contribution in [1.29, 1.82) is 0 Å². The first-order valence-electron chi connectivity index (χ1n) is 8.49. The van der Waals surface area contributed by atoms with Gasteiger partial charge in [0.1, 0.15) is 12.4 Å². The zero-order chi connectivity index (χ0) is 14.5. The second-order valence-corrected chi connectivity index (χ2v) is 6.59. The molecule has 0 spiro atoms. The van der Waals surface area contributed by atoms with Crippen molar-refractivity contribution in [2.75, 3.05) is 26.2 Å². The van der Waals surface area contributed by atoms with Gasteiger partial charge < -0.3 is 10.5 Å². The summed E-state index contributed by atoms with van der Waals surface area (Å²) in [6.45, 7) is 4.99. The smallest absolute Gasteiger partial charge is 0.119 e. The maximum absolute atomic E-state index is 5.86. The molecule has 116 valence electrons. The molecular formula is C18H28N2O. The summed E-state index contributed by atoms with van der Waals surface area (Å²) in [5.41, 5.74) is 6.76. The van der Waals surface area contributed by atoms with E-state index >= 15 is 0 Å². The Kier molecular flexibility index (Phi) is 5.15. The average Bonchev–Trinajstić information content (AvgIpc) is 2.55. The van der Waals surface area contributed by atoms with Crippen LogP contribution in [0.4, 0.5) is 0 Å². The van der Waals surface area contributed by atoms with Crippen LogP contribution in [0.25, 0.3) is 0 Å². The van der Waals surface area contributed by atoms with E-state index in [1.54, 1.807) is 0 Å². The molecule has 1 aliphatic heterocycles. The van der Waals surface area contributed by atoms with Crippen LogP contribution in [0, 0.1) is 11.8 Å². The summed E-state index contributed by atoms with van der Waals surface area (Å²) >= 11 is 0. The standard InChI is InChI=1S/C18H28N2O/c19-13-15-5-7-18(8-6-15)21-12-11-20-10-9-16-3-1-2-4-17(16)14-20/h5-8,16-17H,1-4,9-14,19H2. The summed E-state index contributed by atoms with van der Waals surface area (Å²) in [4.78, 5) is 2.60. The molecule has 1 aliphatic carbocycles. The third-order valence-electron chi connectivity index (χ3n) is 5.21. The molecule has 0 amide bonds. The Bertz CT molecular complexity index is 431. The van der Waals surface area contributed by atoms with Crippen molar-refractivity contribution in [3.63, 3.8) is 0 Å². The SMILES string of the molecule is NCc1ccc(OCCN2CCC3CCCCC3C2)cc1. The van der Waals surface area contributed by atoms with Crippen molar-refractivity contribution in [2.24, 2.45) is 17.6 Å². The molecule has 2 aliphatic rings. The second kappa shape index (κ2) is 7.28. The van der Waals surface area contributed by atoms with Crippen LogP contribution in [0.15, 0.2) is 24.3 Å². The number of nitrogens with two attached hydrogens (primary N) is 1. The monoisotopic (exact) mass is 288 g/mol. The molecule has 1 saturated carbocycles. The van der Waals surface area contributed by atoms with E-state index in [4.69, 9.17) is 10.5 Å². The van der Waals surface area contributed by atoms with Crippen molar-refractivity contribution in [2.45, 2.75) is 38.6 Å². The van der Waals surface area contributed by atoms with Crippen LogP contribution >= 0.6 is 0 Å². The van der Waals surface area contributed by atoms with Gasteiger partial charge in [-0.25, -0.2) is 0 Å². The Hall–Kier alpha value is -1.06. The average molecular weight is 288 g/mol. The van der Waals surface area contributed by atoms with Gasteiger partial charge in [0, 0.05) is 19.6 Å². The lowest BCUT2D eigenvalue weighted by molar-refractivity contribution is 0.0766. The molecule has 3 nitrogen and oxygen atoms in total. The molecule has 2 atom stereocenters. The third kappa shape index (κ3) is 3.98. The van der Waals surface area contributed by atoms with E-state index in [-0.39, 0.29) is 0 Å². The van der Waals surface area contributed by atoms with Crippen LogP contribution in [0.1, 0.15) is 37.7 Å². The van der Waals surface area contributed by atoms with Gasteiger partial charge in [0.2, 0.25) is 0 Å². The fraction of sp³-hybridized carbons (Fsp3) is 0.667. The fourth-order valence-electron chi connectivity index (χ4n) is 3.89. The molecule has 0 aromatic heterocycles. The van der Waals surface area contributed by atoms with E-state index in [0.717, 1.165) is 36.3 Å². The first-order chi connectivity index (χ1) is 10.3. The Morgan fingerprint density at radius 2 is 1.81 bits per heavy atom. The predicted molar refractivity (Wildman–Crippen MR) is 86.3 cm³/mol. The summed E-state index contributed by atoms with van der Waals surface area (Å²) in [6.07, 6.45) is 7.23. The number of ether oxygens (including phenoxy) is 1. The van der Waals surface area contributed by atoms with Crippen molar-refractivity contribution in [1.82, 2.24) is 4.90 Å². The van der Waals surface area contributed by atoms with E-state index in [1.807, 2.05) is 24.3 Å². The predicted octanol–water partition coefficient (Wildman–Crippen LogP) is 3.04. The number of rotatable bonds is 5. The Morgan fingerprint density at radius 1 is 1.05 bits per heavy atom. The summed E-state index contributed by atoms with van der Waals surface area (Å²) in [7, 11) is 0. The van der Waals surface area contributed by atoms with E-state index in [0.29, 0.717) is 6.54 Å². The molecule has 1 heterocycles. The highest BCUT2D eigenvalue weighted by molar-refractivity contribution is 5.27. The van der Waals surface area contributed by atoms with Crippen molar-refractivity contribution in [3.05, 3.63) is 29.8 Å². The lowest BCUT2D eigenvalue weighted by Crippen LogP contribution is -2.43. The fourth-order valence-corrected chi connectivity index (χ4v) is 3.89. The Balaban J connectivity index is 1.40. The van der Waals surface area contributed by atoms with E-state index in [1.165, 1.54) is 45.2 Å². The molecule has 3 heteroatoms. The molecule has 0 bridgehead atoms. The van der Waals surface area contributed by atoms with Gasteiger partial charge in [0.15, 0.2) is 0 Å². The number of hydrogen-bond donors (Lipinski definition) is 1. The maximum atomic E-state index is 5.86. The first-order valence-corrected chi connectivity index (χ1v) is 8.49. The minimum Gasteiger partial charge on any atom is -0.492 e. The summed E-state index contributed by atoms with van der Waals surface area (Å²) in [5, 5.41) is 0. The quantitative estimate of drug-likeness (QED) is 0.905. The van der Waals surface area contributed by atoms with Gasteiger partial charge >= 0.3 is 0 Å². The van der Waals surface area contributed by atoms with Gasteiger partial charge in [-0.2, -0.15) is 0 Å². The molecule has 21 heavy (non-hydrogen) atoms. The molecule has 0 radical (unpaired) electrons. The number of benzene rings is 1. The zero-order valence-electron chi connectivity index (χ0n) is 13.0.